The number of hydrogen-bond acceptors (Lipinski definition) is 4. The summed E-state index contributed by atoms with van der Waals surface area (Å²) in [6, 6.07) is 0. The molecule has 0 spiro atoms. The molecule has 4 atom stereocenters. The zero-order valence-corrected chi connectivity index (χ0v) is 10.6. The van der Waals surface area contributed by atoms with E-state index in [1.807, 2.05) is 6.92 Å². The lowest BCUT2D eigenvalue weighted by atomic mass is 9.60. The molecule has 2 fully saturated rings. The molecule has 98 valence electrons. The fraction of sp³-hybridized carbons (Fsp3) is 1.00. The molecular formula is C12H22N2O3. The number of fused-ring (bicyclic) bond motifs is 2. The van der Waals surface area contributed by atoms with Gasteiger partial charge in [-0.25, -0.2) is 0 Å². The number of nitrogens with two attached hydrogens (primary N) is 1. The molecule has 2 N–H and O–H groups in total. The van der Waals surface area contributed by atoms with Crippen molar-refractivity contribution in [2.45, 2.75) is 63.5 Å². The van der Waals surface area contributed by atoms with Crippen molar-refractivity contribution in [3.8, 4) is 0 Å². The standard InChI is InChI=1S/C12H22N2O3/c1-3-9-4-10-5-11(2,13)8-12(6-9,7-10)17-14(15)16/h9-10H,3-8,13H2,1-2H3. The maximum absolute atomic E-state index is 10.7. The van der Waals surface area contributed by atoms with Crippen LogP contribution in [0.1, 0.15) is 52.4 Å². The Morgan fingerprint density at radius 1 is 1.47 bits per heavy atom. The second-order valence-electron chi connectivity index (χ2n) is 6.32. The maximum Gasteiger partial charge on any atom is 0.295 e. The summed E-state index contributed by atoms with van der Waals surface area (Å²) in [5.74, 6) is 1.03. The summed E-state index contributed by atoms with van der Waals surface area (Å²) in [4.78, 5) is 15.8. The van der Waals surface area contributed by atoms with Crippen LogP contribution in [0.5, 0.6) is 0 Å². The van der Waals surface area contributed by atoms with Crippen molar-refractivity contribution in [1.29, 1.82) is 0 Å². The van der Waals surface area contributed by atoms with Crippen LogP contribution in [0.3, 0.4) is 0 Å². The molecule has 0 aromatic carbocycles. The summed E-state index contributed by atoms with van der Waals surface area (Å²) in [5, 5.41) is 10.1. The highest BCUT2D eigenvalue weighted by atomic mass is 17.0. The van der Waals surface area contributed by atoms with Crippen molar-refractivity contribution in [3.63, 3.8) is 0 Å². The highest BCUT2D eigenvalue weighted by Gasteiger charge is 2.51. The molecule has 0 saturated heterocycles. The van der Waals surface area contributed by atoms with Crippen molar-refractivity contribution in [2.75, 3.05) is 0 Å². The van der Waals surface area contributed by atoms with Gasteiger partial charge in [-0.1, -0.05) is 13.3 Å². The Morgan fingerprint density at radius 2 is 2.18 bits per heavy atom. The van der Waals surface area contributed by atoms with E-state index in [9.17, 15) is 10.1 Å². The van der Waals surface area contributed by atoms with Crippen LogP contribution in [0.4, 0.5) is 0 Å². The first-order chi connectivity index (χ1) is 7.84. The fourth-order valence-electron chi connectivity index (χ4n) is 4.12. The fourth-order valence-corrected chi connectivity index (χ4v) is 4.12. The molecule has 0 aliphatic heterocycles. The molecule has 0 aromatic rings. The van der Waals surface area contributed by atoms with Crippen molar-refractivity contribution >= 4 is 0 Å². The molecule has 0 amide bonds. The lowest BCUT2D eigenvalue weighted by Crippen LogP contribution is -2.57. The molecule has 0 radical (unpaired) electrons. The third-order valence-electron chi connectivity index (χ3n) is 4.31. The van der Waals surface area contributed by atoms with E-state index >= 15 is 0 Å². The largest absolute Gasteiger partial charge is 0.325 e. The summed E-state index contributed by atoms with van der Waals surface area (Å²) in [6.07, 6.45) is 5.37. The van der Waals surface area contributed by atoms with E-state index < -0.39 is 10.7 Å². The minimum atomic E-state index is -0.628. The van der Waals surface area contributed by atoms with Gasteiger partial charge < -0.3 is 10.6 Å². The van der Waals surface area contributed by atoms with Crippen LogP contribution in [0.2, 0.25) is 0 Å². The van der Waals surface area contributed by atoms with Crippen LogP contribution >= 0.6 is 0 Å². The normalized spacial score (nSPS) is 45.4. The molecule has 2 saturated carbocycles. The molecule has 2 aliphatic rings. The Morgan fingerprint density at radius 3 is 2.76 bits per heavy atom. The Balaban J connectivity index is 2.21. The maximum atomic E-state index is 10.7. The molecule has 2 aliphatic carbocycles. The van der Waals surface area contributed by atoms with Gasteiger partial charge in [0.2, 0.25) is 0 Å². The quantitative estimate of drug-likeness (QED) is 0.608. The van der Waals surface area contributed by atoms with Gasteiger partial charge in [0.15, 0.2) is 0 Å². The van der Waals surface area contributed by atoms with Crippen molar-refractivity contribution in [1.82, 2.24) is 0 Å². The Kier molecular flexibility index (Phi) is 3.06. The molecule has 0 aromatic heterocycles. The first-order valence-corrected chi connectivity index (χ1v) is 6.46. The van der Waals surface area contributed by atoms with E-state index in [1.54, 1.807) is 0 Å². The Bertz CT molecular complexity index is 319. The summed E-state index contributed by atoms with van der Waals surface area (Å²) >= 11 is 0. The molecular weight excluding hydrogens is 220 g/mol. The Hall–Kier alpha value is -0.840. The van der Waals surface area contributed by atoms with Gasteiger partial charge in [0, 0.05) is 5.54 Å². The molecule has 0 heterocycles. The molecule has 2 bridgehead atoms. The lowest BCUT2D eigenvalue weighted by Gasteiger charge is -2.51. The van der Waals surface area contributed by atoms with Gasteiger partial charge in [-0.2, -0.15) is 0 Å². The predicted octanol–water partition coefficient (Wildman–Crippen LogP) is 2.27. The Labute approximate surface area is 102 Å². The second kappa shape index (κ2) is 4.12. The SMILES string of the molecule is CCC1CC2CC(C)(N)CC(O[N+](=O)[O-])(C1)C2. The monoisotopic (exact) mass is 242 g/mol. The van der Waals surface area contributed by atoms with Gasteiger partial charge in [-0.15, -0.1) is 10.1 Å². The van der Waals surface area contributed by atoms with Gasteiger partial charge in [0.25, 0.3) is 5.09 Å². The first kappa shape index (κ1) is 12.6. The van der Waals surface area contributed by atoms with Crippen LogP contribution in [0, 0.1) is 22.0 Å². The highest BCUT2D eigenvalue weighted by Crippen LogP contribution is 2.50. The molecule has 4 unspecified atom stereocenters. The third-order valence-corrected chi connectivity index (χ3v) is 4.31. The summed E-state index contributed by atoms with van der Waals surface area (Å²) in [7, 11) is 0. The summed E-state index contributed by atoms with van der Waals surface area (Å²) in [6.45, 7) is 4.14. The van der Waals surface area contributed by atoms with E-state index in [-0.39, 0.29) is 5.54 Å². The third kappa shape index (κ3) is 2.70. The van der Waals surface area contributed by atoms with Crippen LogP contribution < -0.4 is 5.73 Å². The zero-order valence-electron chi connectivity index (χ0n) is 10.6. The smallest absolute Gasteiger partial charge is 0.295 e. The topological polar surface area (TPSA) is 78.4 Å². The van der Waals surface area contributed by atoms with E-state index in [1.165, 1.54) is 0 Å². The molecule has 2 rings (SSSR count). The number of nitrogens with zero attached hydrogens (tertiary/aromatic N) is 1. The van der Waals surface area contributed by atoms with Crippen LogP contribution in [-0.4, -0.2) is 16.2 Å². The minimum Gasteiger partial charge on any atom is -0.325 e. The summed E-state index contributed by atoms with van der Waals surface area (Å²) in [5.41, 5.74) is 5.28. The average molecular weight is 242 g/mol. The van der Waals surface area contributed by atoms with Gasteiger partial charge in [0.05, 0.1) is 0 Å². The number of rotatable bonds is 3. The van der Waals surface area contributed by atoms with E-state index in [0.717, 1.165) is 32.1 Å². The predicted molar refractivity (Wildman–Crippen MR) is 63.8 cm³/mol. The van der Waals surface area contributed by atoms with Crippen LogP contribution in [0.25, 0.3) is 0 Å². The molecule has 5 heteroatoms. The molecule has 17 heavy (non-hydrogen) atoms. The first-order valence-electron chi connectivity index (χ1n) is 6.46. The summed E-state index contributed by atoms with van der Waals surface area (Å²) < 4.78 is 0. The van der Waals surface area contributed by atoms with Crippen molar-refractivity contribution in [2.24, 2.45) is 17.6 Å². The van der Waals surface area contributed by atoms with Crippen molar-refractivity contribution in [3.05, 3.63) is 10.1 Å². The van der Waals surface area contributed by atoms with Gasteiger partial charge in [-0.3, -0.25) is 0 Å². The average Bonchev–Trinajstić information content (AvgIpc) is 2.11. The van der Waals surface area contributed by atoms with Gasteiger partial charge in [0.1, 0.15) is 5.60 Å². The van der Waals surface area contributed by atoms with E-state index in [2.05, 4.69) is 6.92 Å². The highest BCUT2D eigenvalue weighted by molar-refractivity contribution is 5.03. The van der Waals surface area contributed by atoms with E-state index in [4.69, 9.17) is 10.6 Å². The lowest BCUT2D eigenvalue weighted by molar-refractivity contribution is -0.784. The van der Waals surface area contributed by atoms with Crippen LogP contribution in [-0.2, 0) is 4.84 Å². The van der Waals surface area contributed by atoms with Crippen LogP contribution in [0.15, 0.2) is 0 Å². The molecule has 5 nitrogen and oxygen atoms in total. The second-order valence-corrected chi connectivity index (χ2v) is 6.32. The van der Waals surface area contributed by atoms with Crippen molar-refractivity contribution < 1.29 is 9.92 Å². The zero-order chi connectivity index (χ0) is 12.7. The van der Waals surface area contributed by atoms with Gasteiger partial charge in [-0.05, 0) is 50.9 Å². The number of hydrogen-bond donors (Lipinski definition) is 1. The van der Waals surface area contributed by atoms with Gasteiger partial charge >= 0.3 is 0 Å². The van der Waals surface area contributed by atoms with E-state index in [0.29, 0.717) is 18.3 Å². The minimum absolute atomic E-state index is 0.322.